The standard InChI is InChI=1S/C19H19F3N6OS/c1-10(29)25-15-7-12(26-14-5-6-23-16(28-14)19(4,21)22)11(8-24-15)13-9-30-17(27-13)18(2,3)20/h5-9H,1-4H3,(H2,23,24,25,26,28,29). The van der Waals surface area contributed by atoms with Crippen LogP contribution >= 0.6 is 11.3 Å². The van der Waals surface area contributed by atoms with Crippen molar-refractivity contribution in [3.63, 3.8) is 0 Å². The number of hydrogen-bond acceptors (Lipinski definition) is 7. The minimum atomic E-state index is -3.21. The highest BCUT2D eigenvalue weighted by atomic mass is 32.1. The normalized spacial score (nSPS) is 12.0. The summed E-state index contributed by atoms with van der Waals surface area (Å²) in [5.41, 5.74) is -0.292. The summed E-state index contributed by atoms with van der Waals surface area (Å²) in [6.07, 6.45) is 2.67. The summed E-state index contributed by atoms with van der Waals surface area (Å²) in [5, 5.41) is 7.45. The van der Waals surface area contributed by atoms with E-state index in [1.165, 1.54) is 45.3 Å². The van der Waals surface area contributed by atoms with Gasteiger partial charge in [0.05, 0.1) is 11.4 Å². The van der Waals surface area contributed by atoms with Gasteiger partial charge in [-0.15, -0.1) is 11.3 Å². The molecule has 30 heavy (non-hydrogen) atoms. The van der Waals surface area contributed by atoms with Crippen molar-refractivity contribution in [1.82, 2.24) is 19.9 Å². The molecule has 0 spiro atoms. The number of aromatic nitrogens is 4. The average molecular weight is 436 g/mol. The van der Waals surface area contributed by atoms with Crippen molar-refractivity contribution in [2.24, 2.45) is 0 Å². The molecular weight excluding hydrogens is 417 g/mol. The fourth-order valence-electron chi connectivity index (χ4n) is 2.46. The van der Waals surface area contributed by atoms with Crippen molar-refractivity contribution in [3.05, 3.63) is 40.7 Å². The third-order valence-electron chi connectivity index (χ3n) is 3.81. The summed E-state index contributed by atoms with van der Waals surface area (Å²) < 4.78 is 41.4. The molecule has 158 valence electrons. The number of carbonyl (C=O) groups is 1. The molecule has 1 amide bonds. The van der Waals surface area contributed by atoms with Crippen molar-refractivity contribution < 1.29 is 18.0 Å². The monoisotopic (exact) mass is 436 g/mol. The highest BCUT2D eigenvalue weighted by molar-refractivity contribution is 7.10. The van der Waals surface area contributed by atoms with Crippen LogP contribution in [-0.2, 0) is 16.4 Å². The van der Waals surface area contributed by atoms with Crippen LogP contribution in [0.25, 0.3) is 11.3 Å². The molecule has 0 saturated heterocycles. The number of amides is 1. The average Bonchev–Trinajstić information content (AvgIpc) is 3.11. The van der Waals surface area contributed by atoms with Crippen LogP contribution in [0.1, 0.15) is 38.5 Å². The third-order valence-corrected chi connectivity index (χ3v) is 4.95. The molecule has 7 nitrogen and oxygen atoms in total. The van der Waals surface area contributed by atoms with Crippen molar-refractivity contribution >= 4 is 34.6 Å². The Bertz CT molecular complexity index is 1070. The lowest BCUT2D eigenvalue weighted by Gasteiger charge is -2.14. The quantitative estimate of drug-likeness (QED) is 0.564. The zero-order valence-corrected chi connectivity index (χ0v) is 17.4. The first-order chi connectivity index (χ1) is 13.9. The number of thiazole rings is 1. The first kappa shape index (κ1) is 21.6. The largest absolute Gasteiger partial charge is 0.339 e. The summed E-state index contributed by atoms with van der Waals surface area (Å²) in [6.45, 7) is 4.84. The van der Waals surface area contributed by atoms with Crippen LogP contribution in [0.5, 0.6) is 0 Å². The Balaban J connectivity index is 2.04. The maximum Gasteiger partial charge on any atom is 0.303 e. The Morgan fingerprint density at radius 3 is 2.43 bits per heavy atom. The zero-order valence-electron chi connectivity index (χ0n) is 16.6. The third kappa shape index (κ3) is 5.09. The van der Waals surface area contributed by atoms with E-state index in [4.69, 9.17) is 0 Å². The molecule has 11 heteroatoms. The highest BCUT2D eigenvalue weighted by Crippen LogP contribution is 2.35. The van der Waals surface area contributed by atoms with E-state index in [1.807, 2.05) is 0 Å². The molecule has 3 aromatic heterocycles. The molecule has 0 atom stereocenters. The summed E-state index contributed by atoms with van der Waals surface area (Å²) in [6, 6.07) is 2.94. The first-order valence-corrected chi connectivity index (χ1v) is 9.73. The molecule has 0 aromatic carbocycles. The van der Waals surface area contributed by atoms with E-state index in [0.717, 1.165) is 11.3 Å². The van der Waals surface area contributed by atoms with Crippen molar-refractivity contribution in [2.45, 2.75) is 39.3 Å². The van der Waals surface area contributed by atoms with E-state index in [2.05, 4.69) is 30.6 Å². The van der Waals surface area contributed by atoms with Crippen LogP contribution in [-0.4, -0.2) is 25.8 Å². The molecule has 0 aliphatic heterocycles. The number of pyridine rings is 1. The van der Waals surface area contributed by atoms with E-state index < -0.39 is 17.4 Å². The predicted molar refractivity (Wildman–Crippen MR) is 109 cm³/mol. The van der Waals surface area contributed by atoms with Gasteiger partial charge in [-0.1, -0.05) is 0 Å². The lowest BCUT2D eigenvalue weighted by atomic mass is 10.1. The van der Waals surface area contributed by atoms with Crippen molar-refractivity contribution in [1.29, 1.82) is 0 Å². The Kier molecular flexibility index (Phi) is 5.75. The SMILES string of the molecule is CC(=O)Nc1cc(Nc2ccnc(C(C)(F)F)n2)c(-c2csc(C(C)(C)F)n2)cn1. The molecule has 3 heterocycles. The molecule has 2 N–H and O–H groups in total. The maximum absolute atomic E-state index is 14.2. The minimum Gasteiger partial charge on any atom is -0.339 e. The first-order valence-electron chi connectivity index (χ1n) is 8.85. The number of alkyl halides is 3. The Morgan fingerprint density at radius 1 is 1.10 bits per heavy atom. The fourth-order valence-corrected chi connectivity index (χ4v) is 3.29. The lowest BCUT2D eigenvalue weighted by Crippen LogP contribution is -2.13. The molecule has 0 aliphatic carbocycles. The topological polar surface area (TPSA) is 92.7 Å². The van der Waals surface area contributed by atoms with Gasteiger partial charge in [0.25, 0.3) is 0 Å². The van der Waals surface area contributed by atoms with Gasteiger partial charge in [0.15, 0.2) is 5.67 Å². The van der Waals surface area contributed by atoms with Crippen LogP contribution in [0.15, 0.2) is 29.9 Å². The Hall–Kier alpha value is -3.08. The van der Waals surface area contributed by atoms with Gasteiger partial charge in [-0.2, -0.15) is 8.78 Å². The number of carbonyl (C=O) groups excluding carboxylic acids is 1. The van der Waals surface area contributed by atoms with E-state index in [-0.39, 0.29) is 22.6 Å². The Labute approximate surface area is 174 Å². The maximum atomic E-state index is 14.2. The fraction of sp³-hybridized carbons (Fsp3) is 0.316. The van der Waals surface area contributed by atoms with Crippen LogP contribution < -0.4 is 10.6 Å². The second kappa shape index (κ2) is 7.98. The van der Waals surface area contributed by atoms with Gasteiger partial charge >= 0.3 is 5.92 Å². The summed E-state index contributed by atoms with van der Waals surface area (Å²) in [7, 11) is 0. The smallest absolute Gasteiger partial charge is 0.303 e. The molecule has 0 radical (unpaired) electrons. The lowest BCUT2D eigenvalue weighted by molar-refractivity contribution is -0.114. The summed E-state index contributed by atoms with van der Waals surface area (Å²) >= 11 is 1.15. The van der Waals surface area contributed by atoms with Crippen LogP contribution in [0.2, 0.25) is 0 Å². The van der Waals surface area contributed by atoms with Crippen molar-refractivity contribution in [3.8, 4) is 11.3 Å². The number of rotatable bonds is 6. The van der Waals surface area contributed by atoms with E-state index >= 15 is 0 Å². The molecule has 0 fully saturated rings. The molecule has 0 bridgehead atoms. The number of halogens is 3. The molecular formula is C19H19F3N6OS. The molecule has 0 aliphatic rings. The summed E-state index contributed by atoms with van der Waals surface area (Å²) in [5.74, 6) is -3.82. The van der Waals surface area contributed by atoms with E-state index in [0.29, 0.717) is 23.9 Å². The molecule has 0 unspecified atom stereocenters. The van der Waals surface area contributed by atoms with Crippen LogP contribution in [0.3, 0.4) is 0 Å². The number of hydrogen-bond donors (Lipinski definition) is 2. The zero-order chi connectivity index (χ0) is 22.1. The van der Waals surface area contributed by atoms with Crippen LogP contribution in [0, 0.1) is 0 Å². The van der Waals surface area contributed by atoms with Gasteiger partial charge in [0.2, 0.25) is 11.7 Å². The van der Waals surface area contributed by atoms with E-state index in [1.54, 1.807) is 5.38 Å². The van der Waals surface area contributed by atoms with Gasteiger partial charge in [-0.3, -0.25) is 4.79 Å². The molecule has 3 rings (SSSR count). The number of anilines is 3. The predicted octanol–water partition coefficient (Wildman–Crippen LogP) is 5.01. The highest BCUT2D eigenvalue weighted by Gasteiger charge is 2.28. The molecule has 0 saturated carbocycles. The van der Waals surface area contributed by atoms with Crippen LogP contribution in [0.4, 0.5) is 30.5 Å². The molecule has 3 aromatic rings. The number of nitrogens with one attached hydrogen (secondary N) is 2. The van der Waals surface area contributed by atoms with Gasteiger partial charge in [-0.05, 0) is 19.9 Å². The minimum absolute atomic E-state index is 0.115. The van der Waals surface area contributed by atoms with Gasteiger partial charge in [0, 0.05) is 43.3 Å². The Morgan fingerprint density at radius 2 is 1.83 bits per heavy atom. The van der Waals surface area contributed by atoms with Gasteiger partial charge < -0.3 is 10.6 Å². The second-order valence-electron chi connectivity index (χ2n) is 7.09. The second-order valence-corrected chi connectivity index (χ2v) is 7.94. The van der Waals surface area contributed by atoms with E-state index in [9.17, 15) is 18.0 Å². The van der Waals surface area contributed by atoms with Gasteiger partial charge in [-0.25, -0.2) is 24.3 Å². The van der Waals surface area contributed by atoms with Gasteiger partial charge in [0.1, 0.15) is 16.6 Å². The number of nitrogens with zero attached hydrogens (tertiary/aromatic N) is 4. The van der Waals surface area contributed by atoms with Crippen molar-refractivity contribution in [2.75, 3.05) is 10.6 Å². The summed E-state index contributed by atoms with van der Waals surface area (Å²) in [4.78, 5) is 27.3.